The molecule has 0 atom stereocenters. The number of sulfonamides is 1. The van der Waals surface area contributed by atoms with E-state index in [4.69, 9.17) is 5.73 Å². The molecule has 17 heavy (non-hydrogen) atoms. The van der Waals surface area contributed by atoms with Crippen molar-refractivity contribution in [2.24, 2.45) is 5.73 Å². The van der Waals surface area contributed by atoms with Crippen LogP contribution >= 0.6 is 0 Å². The van der Waals surface area contributed by atoms with E-state index in [1.807, 2.05) is 4.72 Å². The number of halogens is 2. The van der Waals surface area contributed by atoms with Crippen molar-refractivity contribution in [3.8, 4) is 0 Å². The smallest absolute Gasteiger partial charge is 0.232 e. The van der Waals surface area contributed by atoms with Crippen LogP contribution in [0.5, 0.6) is 0 Å². The van der Waals surface area contributed by atoms with Gasteiger partial charge >= 0.3 is 0 Å². The van der Waals surface area contributed by atoms with Crippen molar-refractivity contribution >= 4 is 15.7 Å². The second kappa shape index (κ2) is 5.92. The number of anilines is 1. The van der Waals surface area contributed by atoms with Gasteiger partial charge in [-0.25, -0.2) is 17.2 Å². The molecule has 96 valence electrons. The Morgan fingerprint density at radius 1 is 1.18 bits per heavy atom. The molecule has 0 saturated carbocycles. The molecule has 0 saturated heterocycles. The lowest BCUT2D eigenvalue weighted by atomic mass is 10.3. The van der Waals surface area contributed by atoms with Crippen molar-refractivity contribution in [3.63, 3.8) is 0 Å². The maximum absolute atomic E-state index is 13.2. The second-order valence-electron chi connectivity index (χ2n) is 3.51. The van der Waals surface area contributed by atoms with Crippen molar-refractivity contribution in [1.29, 1.82) is 0 Å². The second-order valence-corrected chi connectivity index (χ2v) is 5.36. The molecule has 0 aliphatic rings. The van der Waals surface area contributed by atoms with Crippen LogP contribution in [0.15, 0.2) is 18.2 Å². The third-order valence-corrected chi connectivity index (χ3v) is 3.43. The highest BCUT2D eigenvalue weighted by atomic mass is 32.2. The summed E-state index contributed by atoms with van der Waals surface area (Å²) < 4.78 is 51.2. The lowest BCUT2D eigenvalue weighted by Crippen LogP contribution is -2.19. The highest BCUT2D eigenvalue weighted by Gasteiger charge is 2.16. The van der Waals surface area contributed by atoms with Crippen LogP contribution in [0, 0.1) is 11.6 Å². The van der Waals surface area contributed by atoms with Gasteiger partial charge in [0.2, 0.25) is 10.0 Å². The molecule has 0 heterocycles. The van der Waals surface area contributed by atoms with Crippen LogP contribution in [-0.4, -0.2) is 20.7 Å². The molecular formula is C10H14F2N2O2S. The van der Waals surface area contributed by atoms with Crippen LogP contribution in [0.25, 0.3) is 0 Å². The highest BCUT2D eigenvalue weighted by Crippen LogP contribution is 2.19. The molecule has 0 spiro atoms. The van der Waals surface area contributed by atoms with Crippen molar-refractivity contribution in [1.82, 2.24) is 0 Å². The number of unbranched alkanes of at least 4 members (excludes halogenated alkanes) is 1. The van der Waals surface area contributed by atoms with Crippen molar-refractivity contribution < 1.29 is 17.2 Å². The molecule has 0 aromatic heterocycles. The first-order chi connectivity index (χ1) is 7.96. The normalized spacial score (nSPS) is 11.5. The van der Waals surface area contributed by atoms with Crippen LogP contribution in [0.1, 0.15) is 12.8 Å². The largest absolute Gasteiger partial charge is 0.330 e. The molecular weight excluding hydrogens is 250 g/mol. The maximum atomic E-state index is 13.2. The zero-order chi connectivity index (χ0) is 12.9. The third kappa shape index (κ3) is 4.27. The van der Waals surface area contributed by atoms with E-state index < -0.39 is 27.3 Å². The van der Waals surface area contributed by atoms with E-state index in [1.165, 1.54) is 0 Å². The van der Waals surface area contributed by atoms with Crippen LogP contribution in [-0.2, 0) is 10.0 Å². The Morgan fingerprint density at radius 2 is 1.76 bits per heavy atom. The topological polar surface area (TPSA) is 72.2 Å². The number of hydrogen-bond donors (Lipinski definition) is 2. The zero-order valence-electron chi connectivity index (χ0n) is 9.12. The molecule has 0 bridgehead atoms. The average Bonchev–Trinajstić information content (AvgIpc) is 2.24. The zero-order valence-corrected chi connectivity index (χ0v) is 9.93. The molecule has 0 unspecified atom stereocenters. The summed E-state index contributed by atoms with van der Waals surface area (Å²) in [5, 5.41) is 0. The van der Waals surface area contributed by atoms with Crippen molar-refractivity contribution in [2.75, 3.05) is 17.0 Å². The van der Waals surface area contributed by atoms with Gasteiger partial charge < -0.3 is 5.73 Å². The van der Waals surface area contributed by atoms with Crippen LogP contribution in [0.3, 0.4) is 0 Å². The average molecular weight is 264 g/mol. The van der Waals surface area contributed by atoms with E-state index in [-0.39, 0.29) is 5.75 Å². The molecule has 0 aliphatic carbocycles. The van der Waals surface area contributed by atoms with E-state index in [1.54, 1.807) is 0 Å². The maximum Gasteiger partial charge on any atom is 0.232 e. The first-order valence-corrected chi connectivity index (χ1v) is 6.76. The lowest BCUT2D eigenvalue weighted by molar-refractivity contribution is 0.581. The van der Waals surface area contributed by atoms with E-state index in [0.717, 1.165) is 18.2 Å². The molecule has 0 amide bonds. The molecule has 0 fully saturated rings. The lowest BCUT2D eigenvalue weighted by Gasteiger charge is -2.09. The Labute approximate surface area is 98.9 Å². The molecule has 1 aromatic carbocycles. The van der Waals surface area contributed by atoms with Gasteiger partial charge in [0.25, 0.3) is 0 Å². The van der Waals surface area contributed by atoms with Gasteiger partial charge in [0.15, 0.2) is 0 Å². The fourth-order valence-corrected chi connectivity index (χ4v) is 2.43. The van der Waals surface area contributed by atoms with Gasteiger partial charge in [-0.15, -0.1) is 0 Å². The van der Waals surface area contributed by atoms with Crippen LogP contribution in [0.2, 0.25) is 0 Å². The van der Waals surface area contributed by atoms with Crippen LogP contribution < -0.4 is 10.5 Å². The summed E-state index contributed by atoms with van der Waals surface area (Å²) in [7, 11) is -3.74. The van der Waals surface area contributed by atoms with Gasteiger partial charge in [0, 0.05) is 0 Å². The summed E-state index contributed by atoms with van der Waals surface area (Å²) in [6.45, 7) is 0.379. The van der Waals surface area contributed by atoms with Crippen LogP contribution in [0.4, 0.5) is 14.5 Å². The Hall–Kier alpha value is -1.21. The minimum atomic E-state index is -3.74. The highest BCUT2D eigenvalue weighted by molar-refractivity contribution is 7.92. The molecule has 0 radical (unpaired) electrons. The molecule has 0 aliphatic heterocycles. The van der Waals surface area contributed by atoms with Gasteiger partial charge in [-0.05, 0) is 31.5 Å². The molecule has 3 N–H and O–H groups in total. The SMILES string of the molecule is NCCCCS(=O)(=O)Nc1c(F)cccc1F. The summed E-state index contributed by atoms with van der Waals surface area (Å²) in [5.41, 5.74) is 4.58. The number of benzene rings is 1. The summed E-state index contributed by atoms with van der Waals surface area (Å²) in [6.07, 6.45) is 0.891. The molecule has 7 heteroatoms. The predicted octanol–water partition coefficient (Wildman–Crippen LogP) is 1.45. The minimum Gasteiger partial charge on any atom is -0.330 e. The summed E-state index contributed by atoms with van der Waals surface area (Å²) >= 11 is 0. The summed E-state index contributed by atoms with van der Waals surface area (Å²) in [4.78, 5) is 0. The van der Waals surface area contributed by atoms with Crippen molar-refractivity contribution in [2.45, 2.75) is 12.8 Å². The Kier molecular flexibility index (Phi) is 4.83. The quantitative estimate of drug-likeness (QED) is 0.764. The van der Waals surface area contributed by atoms with E-state index >= 15 is 0 Å². The molecule has 1 aromatic rings. The van der Waals surface area contributed by atoms with E-state index in [2.05, 4.69) is 0 Å². The third-order valence-electron chi connectivity index (χ3n) is 2.09. The van der Waals surface area contributed by atoms with Crippen molar-refractivity contribution in [3.05, 3.63) is 29.8 Å². The van der Waals surface area contributed by atoms with Gasteiger partial charge in [-0.2, -0.15) is 0 Å². The first kappa shape index (κ1) is 13.9. The van der Waals surface area contributed by atoms with E-state index in [0.29, 0.717) is 19.4 Å². The van der Waals surface area contributed by atoms with Gasteiger partial charge in [-0.3, -0.25) is 4.72 Å². The first-order valence-electron chi connectivity index (χ1n) is 5.11. The summed E-state index contributed by atoms with van der Waals surface area (Å²) in [5.74, 6) is -2.09. The number of para-hydroxylation sites is 1. The number of nitrogens with two attached hydrogens (primary N) is 1. The predicted molar refractivity (Wildman–Crippen MR) is 62.1 cm³/mol. The van der Waals surface area contributed by atoms with Gasteiger partial charge in [0.1, 0.15) is 17.3 Å². The minimum absolute atomic E-state index is 0.210. The Morgan fingerprint density at radius 3 is 2.29 bits per heavy atom. The number of rotatable bonds is 6. The van der Waals surface area contributed by atoms with E-state index in [9.17, 15) is 17.2 Å². The monoisotopic (exact) mass is 264 g/mol. The summed E-state index contributed by atoms with van der Waals surface area (Å²) in [6, 6.07) is 3.14. The fraction of sp³-hybridized carbons (Fsp3) is 0.400. The van der Waals surface area contributed by atoms with Gasteiger partial charge in [0.05, 0.1) is 5.75 Å². The molecule has 1 rings (SSSR count). The fourth-order valence-electron chi connectivity index (χ4n) is 1.24. The standard InChI is InChI=1S/C10H14F2N2O2S/c11-8-4-3-5-9(12)10(8)14-17(15,16)7-2-1-6-13/h3-5,14H,1-2,6-7,13H2. The Balaban J connectivity index is 2.76. The number of hydrogen-bond acceptors (Lipinski definition) is 3. The molecule has 4 nitrogen and oxygen atoms in total. The van der Waals surface area contributed by atoms with Gasteiger partial charge in [-0.1, -0.05) is 6.07 Å². The number of nitrogens with one attached hydrogen (secondary N) is 1. The Bertz CT molecular complexity index is 457.